The summed E-state index contributed by atoms with van der Waals surface area (Å²) >= 11 is 4.92. The summed E-state index contributed by atoms with van der Waals surface area (Å²) < 4.78 is 6.41. The van der Waals surface area contributed by atoms with E-state index >= 15 is 0 Å². The van der Waals surface area contributed by atoms with Crippen molar-refractivity contribution >= 4 is 27.7 Å². The van der Waals surface area contributed by atoms with Gasteiger partial charge in [0.25, 0.3) is 5.22 Å². The first-order valence-electron chi connectivity index (χ1n) is 5.56. The van der Waals surface area contributed by atoms with Crippen LogP contribution in [0.3, 0.4) is 0 Å². The predicted molar refractivity (Wildman–Crippen MR) is 74.9 cm³/mol. The molecule has 96 valence electrons. The highest BCUT2D eigenvalue weighted by Crippen LogP contribution is 2.33. The fourth-order valence-electron chi connectivity index (χ4n) is 1.50. The summed E-state index contributed by atoms with van der Waals surface area (Å²) in [6.07, 6.45) is -0.482. The first-order chi connectivity index (χ1) is 8.47. The molecule has 18 heavy (non-hydrogen) atoms. The Balaban J connectivity index is 2.22. The van der Waals surface area contributed by atoms with Gasteiger partial charge in [0.1, 0.15) is 5.76 Å². The summed E-state index contributed by atoms with van der Waals surface area (Å²) in [5.41, 5.74) is 1.79. The van der Waals surface area contributed by atoms with Gasteiger partial charge in [-0.15, -0.1) is 0 Å². The summed E-state index contributed by atoms with van der Waals surface area (Å²) in [5, 5.41) is 10.2. The van der Waals surface area contributed by atoms with Crippen molar-refractivity contribution in [3.63, 3.8) is 0 Å². The van der Waals surface area contributed by atoms with E-state index in [0.717, 1.165) is 26.4 Å². The van der Waals surface area contributed by atoms with Crippen molar-refractivity contribution in [1.29, 1.82) is 0 Å². The monoisotopic (exact) mass is 327 g/mol. The second-order valence-electron chi connectivity index (χ2n) is 4.08. The van der Waals surface area contributed by atoms with Crippen molar-refractivity contribution in [3.8, 4) is 0 Å². The zero-order chi connectivity index (χ0) is 13.3. The highest BCUT2D eigenvalue weighted by Gasteiger charge is 2.10. The Morgan fingerprint density at radius 3 is 2.61 bits per heavy atom. The van der Waals surface area contributed by atoms with Gasteiger partial charge in [-0.25, -0.2) is 4.98 Å². The Morgan fingerprint density at radius 2 is 2.11 bits per heavy atom. The van der Waals surface area contributed by atoms with Crippen molar-refractivity contribution in [2.75, 3.05) is 0 Å². The molecule has 0 aliphatic heterocycles. The lowest BCUT2D eigenvalue weighted by Crippen LogP contribution is -1.92. The van der Waals surface area contributed by atoms with Crippen LogP contribution in [-0.4, -0.2) is 10.1 Å². The van der Waals surface area contributed by atoms with Crippen molar-refractivity contribution in [3.05, 3.63) is 39.7 Å². The molecule has 1 aromatic carbocycles. The third kappa shape index (κ3) is 2.96. The molecule has 2 rings (SSSR count). The minimum Gasteiger partial charge on any atom is -0.436 e. The molecule has 1 heterocycles. The lowest BCUT2D eigenvalue weighted by Gasteiger charge is -2.08. The molecule has 1 atom stereocenters. The smallest absolute Gasteiger partial charge is 0.260 e. The van der Waals surface area contributed by atoms with Crippen LogP contribution in [0.15, 0.2) is 37.2 Å². The Morgan fingerprint density at radius 1 is 1.39 bits per heavy atom. The fraction of sp³-hybridized carbons (Fsp3) is 0.308. The van der Waals surface area contributed by atoms with Gasteiger partial charge in [-0.2, -0.15) is 0 Å². The number of halogens is 1. The zero-order valence-corrected chi connectivity index (χ0v) is 12.8. The number of aliphatic hydroxyl groups is 1. The van der Waals surface area contributed by atoms with Gasteiger partial charge in [-0.3, -0.25) is 0 Å². The molecule has 2 aromatic rings. The lowest BCUT2D eigenvalue weighted by atomic mass is 10.1. The molecule has 1 N–H and O–H groups in total. The minimum atomic E-state index is -0.482. The SMILES string of the molecule is Cc1nc(Sc2ccc([C@@H](C)O)c(Br)c2)oc1C. The van der Waals surface area contributed by atoms with Crippen LogP contribution in [0.1, 0.15) is 30.0 Å². The van der Waals surface area contributed by atoms with Gasteiger partial charge in [-0.1, -0.05) is 22.0 Å². The standard InChI is InChI=1S/C13H14BrNO2S/c1-7-9(3)17-13(15-7)18-10-4-5-11(8(2)16)12(14)6-10/h4-6,8,16H,1-3H3/t8-/m1/s1. The van der Waals surface area contributed by atoms with E-state index in [1.165, 1.54) is 11.8 Å². The van der Waals surface area contributed by atoms with Crippen molar-refractivity contribution in [2.45, 2.75) is 37.0 Å². The van der Waals surface area contributed by atoms with Gasteiger partial charge in [-0.05, 0) is 50.2 Å². The maximum absolute atomic E-state index is 9.56. The van der Waals surface area contributed by atoms with E-state index in [0.29, 0.717) is 5.22 Å². The van der Waals surface area contributed by atoms with Crippen LogP contribution in [0.5, 0.6) is 0 Å². The topological polar surface area (TPSA) is 46.3 Å². The molecule has 0 fully saturated rings. The molecular weight excluding hydrogens is 314 g/mol. The normalized spacial score (nSPS) is 12.7. The highest BCUT2D eigenvalue weighted by atomic mass is 79.9. The molecule has 1 aromatic heterocycles. The molecule has 0 aliphatic carbocycles. The van der Waals surface area contributed by atoms with Gasteiger partial charge in [0, 0.05) is 9.37 Å². The number of aliphatic hydroxyl groups excluding tert-OH is 1. The largest absolute Gasteiger partial charge is 0.436 e. The van der Waals surface area contributed by atoms with Crippen LogP contribution in [0, 0.1) is 13.8 Å². The van der Waals surface area contributed by atoms with Gasteiger partial charge < -0.3 is 9.52 Å². The summed E-state index contributed by atoms with van der Waals surface area (Å²) in [6, 6.07) is 5.81. The molecule has 0 saturated carbocycles. The molecule has 0 bridgehead atoms. The number of rotatable bonds is 3. The number of aromatic nitrogens is 1. The maximum atomic E-state index is 9.56. The second kappa shape index (κ2) is 5.47. The molecule has 5 heteroatoms. The second-order valence-corrected chi connectivity index (χ2v) is 5.96. The quantitative estimate of drug-likeness (QED) is 0.914. The van der Waals surface area contributed by atoms with E-state index < -0.39 is 6.10 Å². The first-order valence-corrected chi connectivity index (χ1v) is 7.17. The average Bonchev–Trinajstić information content (AvgIpc) is 2.57. The zero-order valence-electron chi connectivity index (χ0n) is 10.4. The maximum Gasteiger partial charge on any atom is 0.260 e. The molecular formula is C13H14BrNO2S. The van der Waals surface area contributed by atoms with Crippen molar-refractivity contribution < 1.29 is 9.52 Å². The predicted octanol–water partition coefficient (Wildman–Crippen LogP) is 4.26. The Hall–Kier alpha value is -0.780. The molecule has 0 spiro atoms. The van der Waals surface area contributed by atoms with Gasteiger partial charge in [0.15, 0.2) is 0 Å². The summed E-state index contributed by atoms with van der Waals surface area (Å²) in [4.78, 5) is 5.35. The van der Waals surface area contributed by atoms with Crippen LogP contribution >= 0.6 is 27.7 Å². The van der Waals surface area contributed by atoms with Gasteiger partial charge in [0.05, 0.1) is 11.8 Å². The number of nitrogens with zero attached hydrogens (tertiary/aromatic N) is 1. The lowest BCUT2D eigenvalue weighted by molar-refractivity contribution is 0.198. The number of hydrogen-bond donors (Lipinski definition) is 1. The molecule has 3 nitrogen and oxygen atoms in total. The fourth-order valence-corrected chi connectivity index (χ4v) is 3.22. The van der Waals surface area contributed by atoms with Crippen LogP contribution in [0.2, 0.25) is 0 Å². The molecule has 0 unspecified atom stereocenters. The molecule has 0 radical (unpaired) electrons. The van der Waals surface area contributed by atoms with Crippen LogP contribution in [-0.2, 0) is 0 Å². The molecule has 0 amide bonds. The third-order valence-corrected chi connectivity index (χ3v) is 4.16. The van der Waals surface area contributed by atoms with E-state index in [2.05, 4.69) is 20.9 Å². The Kier molecular flexibility index (Phi) is 4.14. The Bertz CT molecular complexity index is 547. The summed E-state index contributed by atoms with van der Waals surface area (Å²) in [6.45, 7) is 5.57. The van der Waals surface area contributed by atoms with Crippen LogP contribution < -0.4 is 0 Å². The van der Waals surface area contributed by atoms with E-state index in [9.17, 15) is 5.11 Å². The molecule has 0 saturated heterocycles. The van der Waals surface area contributed by atoms with E-state index in [-0.39, 0.29) is 0 Å². The van der Waals surface area contributed by atoms with E-state index in [1.807, 2.05) is 32.0 Å². The number of oxazole rings is 1. The summed E-state index contributed by atoms with van der Waals surface area (Å²) in [5.74, 6) is 0.845. The first kappa shape index (κ1) is 13.6. The van der Waals surface area contributed by atoms with Crippen LogP contribution in [0.25, 0.3) is 0 Å². The minimum absolute atomic E-state index is 0.482. The van der Waals surface area contributed by atoms with Crippen molar-refractivity contribution in [1.82, 2.24) is 4.98 Å². The Labute approximate surface area is 119 Å². The number of hydrogen-bond acceptors (Lipinski definition) is 4. The highest BCUT2D eigenvalue weighted by molar-refractivity contribution is 9.10. The molecule has 0 aliphatic rings. The van der Waals surface area contributed by atoms with Gasteiger partial charge in [0.2, 0.25) is 0 Å². The number of aryl methyl sites for hydroxylation is 2. The van der Waals surface area contributed by atoms with Crippen LogP contribution in [0.4, 0.5) is 0 Å². The van der Waals surface area contributed by atoms with Gasteiger partial charge >= 0.3 is 0 Å². The van der Waals surface area contributed by atoms with Crippen molar-refractivity contribution in [2.24, 2.45) is 0 Å². The summed E-state index contributed by atoms with van der Waals surface area (Å²) in [7, 11) is 0. The van der Waals surface area contributed by atoms with E-state index in [1.54, 1.807) is 6.92 Å². The number of benzene rings is 1. The average molecular weight is 328 g/mol. The van der Waals surface area contributed by atoms with E-state index in [4.69, 9.17) is 4.42 Å². The third-order valence-electron chi connectivity index (χ3n) is 2.64.